The molecular formula is C38H68O13. The van der Waals surface area contributed by atoms with E-state index < -0.39 is 86.6 Å². The average Bonchev–Trinajstić information content (AvgIpc) is 3.36. The molecule has 2 aliphatic heterocycles. The Labute approximate surface area is 304 Å². The number of hydrogen-bond donors (Lipinski definition) is 6. The highest BCUT2D eigenvalue weighted by molar-refractivity contribution is 5.69. The number of ether oxygens (including phenoxy) is 5. The topological polar surface area (TPSA) is 202 Å². The van der Waals surface area contributed by atoms with E-state index >= 15 is 0 Å². The summed E-state index contributed by atoms with van der Waals surface area (Å²) in [6.07, 6.45) is 10.5. The molecule has 2 rings (SSSR count). The maximum atomic E-state index is 12.6. The minimum atomic E-state index is -2.30. The van der Waals surface area contributed by atoms with Crippen LogP contribution >= 0.6 is 0 Å². The second kappa shape index (κ2) is 26.2. The Morgan fingerprint density at radius 3 is 1.71 bits per heavy atom. The van der Waals surface area contributed by atoms with E-state index in [1.165, 1.54) is 32.1 Å². The lowest BCUT2D eigenvalue weighted by atomic mass is 9.99. The van der Waals surface area contributed by atoms with Crippen LogP contribution in [0.1, 0.15) is 142 Å². The number of esters is 2. The van der Waals surface area contributed by atoms with Crippen LogP contribution in [0.3, 0.4) is 0 Å². The largest absolute Gasteiger partial charge is 0.463 e. The van der Waals surface area contributed by atoms with E-state index in [4.69, 9.17) is 23.7 Å². The molecule has 0 aliphatic carbocycles. The Hall–Kier alpha value is -1.68. The molecule has 6 N–H and O–H groups in total. The molecule has 2 fully saturated rings. The van der Waals surface area contributed by atoms with Gasteiger partial charge in [0.1, 0.15) is 55.9 Å². The first-order chi connectivity index (χ1) is 24.6. The molecule has 2 heterocycles. The highest BCUT2D eigenvalue weighted by atomic mass is 16.8. The highest BCUT2D eigenvalue weighted by Crippen LogP contribution is 2.37. The summed E-state index contributed by atoms with van der Waals surface area (Å²) in [6.45, 7) is 2.46. The van der Waals surface area contributed by atoms with Crippen LogP contribution < -0.4 is 0 Å². The summed E-state index contributed by atoms with van der Waals surface area (Å²) in [5.41, 5.74) is 0. The van der Waals surface area contributed by atoms with Crippen LogP contribution in [-0.2, 0) is 33.3 Å². The lowest BCUT2D eigenvalue weighted by molar-refractivity contribution is -0.383. The Morgan fingerprint density at radius 1 is 0.627 bits per heavy atom. The fraction of sp³-hybridized carbons (Fsp3) is 0.895. The quantitative estimate of drug-likeness (QED) is 0.0382. The maximum absolute atomic E-state index is 12.6. The molecule has 2 aliphatic rings. The lowest BCUT2D eigenvalue weighted by Gasteiger charge is -2.43. The molecule has 2 saturated heterocycles. The van der Waals surface area contributed by atoms with Gasteiger partial charge in [0.05, 0.1) is 6.61 Å². The number of carbonyl (C=O) groups is 2. The zero-order valence-electron chi connectivity index (χ0n) is 31.1. The summed E-state index contributed by atoms with van der Waals surface area (Å²) >= 11 is 0. The van der Waals surface area contributed by atoms with Crippen LogP contribution in [-0.4, -0.2) is 117 Å². The van der Waals surface area contributed by atoms with Crippen molar-refractivity contribution in [3.05, 3.63) is 12.2 Å². The number of allylic oxidation sites excluding steroid dienone is 2. The van der Waals surface area contributed by atoms with Crippen molar-refractivity contribution in [2.75, 3.05) is 19.8 Å². The summed E-state index contributed by atoms with van der Waals surface area (Å²) in [5, 5.41) is 62.7. The van der Waals surface area contributed by atoms with Crippen LogP contribution in [0.2, 0.25) is 0 Å². The smallest absolute Gasteiger partial charge is 0.305 e. The first-order valence-electron chi connectivity index (χ1n) is 19.6. The third-order valence-corrected chi connectivity index (χ3v) is 9.64. The predicted octanol–water partition coefficient (Wildman–Crippen LogP) is 4.10. The Balaban J connectivity index is 1.87. The van der Waals surface area contributed by atoms with Gasteiger partial charge in [-0.3, -0.25) is 9.59 Å². The summed E-state index contributed by atoms with van der Waals surface area (Å²) < 4.78 is 27.9. The fourth-order valence-corrected chi connectivity index (χ4v) is 6.32. The second-order valence-corrected chi connectivity index (χ2v) is 14.1. The van der Waals surface area contributed by atoms with Crippen LogP contribution in [0.4, 0.5) is 0 Å². The van der Waals surface area contributed by atoms with Gasteiger partial charge in [0.15, 0.2) is 6.29 Å². The van der Waals surface area contributed by atoms with Crippen molar-refractivity contribution in [1.29, 1.82) is 0 Å². The minimum absolute atomic E-state index is 0.0971. The number of hydrogen-bond acceptors (Lipinski definition) is 13. The third kappa shape index (κ3) is 16.5. The predicted molar refractivity (Wildman–Crippen MR) is 189 cm³/mol. The lowest BCUT2D eigenvalue weighted by Crippen LogP contribution is -2.62. The summed E-state index contributed by atoms with van der Waals surface area (Å²) in [5.74, 6) is -3.40. The van der Waals surface area contributed by atoms with Gasteiger partial charge in [-0.05, 0) is 38.5 Å². The van der Waals surface area contributed by atoms with Crippen LogP contribution in [0.25, 0.3) is 0 Å². The Morgan fingerprint density at radius 2 is 1.14 bits per heavy atom. The molecule has 0 radical (unpaired) electrons. The van der Waals surface area contributed by atoms with Gasteiger partial charge in [-0.15, -0.1) is 0 Å². The van der Waals surface area contributed by atoms with Gasteiger partial charge in [-0.2, -0.15) is 0 Å². The molecule has 298 valence electrons. The number of carbonyl (C=O) groups excluding carboxylic acids is 2. The maximum Gasteiger partial charge on any atom is 0.305 e. The van der Waals surface area contributed by atoms with Crippen molar-refractivity contribution < 1.29 is 63.9 Å². The zero-order valence-corrected chi connectivity index (χ0v) is 31.1. The van der Waals surface area contributed by atoms with Crippen molar-refractivity contribution in [3.8, 4) is 0 Å². The van der Waals surface area contributed by atoms with Gasteiger partial charge in [-0.25, -0.2) is 0 Å². The van der Waals surface area contributed by atoms with Crippen LogP contribution in [0.15, 0.2) is 12.2 Å². The van der Waals surface area contributed by atoms with Crippen molar-refractivity contribution in [2.45, 2.75) is 197 Å². The molecule has 0 unspecified atom stereocenters. The zero-order chi connectivity index (χ0) is 37.5. The van der Waals surface area contributed by atoms with E-state index in [9.17, 15) is 40.2 Å². The third-order valence-electron chi connectivity index (χ3n) is 9.64. The molecule has 0 saturated carbocycles. The standard InChI is InChI=1S/C38H68O13/c1-3-5-7-9-11-12-13-14-15-16-18-20-21-23-30(40)47-26-29-33(43)36(46)38(50-29,27-48-31(41)24-22-19-17-10-8-6-4-2)51-37-35(45)34(44)32(42)28(25-39)49-37/h12-13,28-29,32-37,39,42-46H,3-11,14-27H2,1-2H3/b13-12-/t28-,29-,32-,33-,34+,35-,36+,37-,38+/m1/s1. The Bertz CT molecular complexity index is 962. The van der Waals surface area contributed by atoms with E-state index in [1.807, 2.05) is 0 Å². The summed E-state index contributed by atoms with van der Waals surface area (Å²) in [7, 11) is 0. The van der Waals surface area contributed by atoms with Gasteiger partial charge >= 0.3 is 11.9 Å². The molecule has 0 amide bonds. The van der Waals surface area contributed by atoms with Gasteiger partial charge in [0, 0.05) is 12.8 Å². The van der Waals surface area contributed by atoms with Gasteiger partial charge in [-0.1, -0.05) is 103 Å². The van der Waals surface area contributed by atoms with Crippen molar-refractivity contribution >= 4 is 11.9 Å². The first-order valence-corrected chi connectivity index (χ1v) is 19.6. The van der Waals surface area contributed by atoms with E-state index in [0.717, 1.165) is 70.6 Å². The van der Waals surface area contributed by atoms with E-state index in [0.29, 0.717) is 12.8 Å². The van der Waals surface area contributed by atoms with E-state index in [1.54, 1.807) is 0 Å². The molecule has 13 heteroatoms. The molecule has 0 aromatic rings. The number of rotatable bonds is 28. The SMILES string of the molecule is CCCCCC/C=C\CCCCCCCC(=O)OC[C@H]1O[C@@](COC(=O)CCCCCCCCC)(O[C@H]2O[C@H](CO)[C@@H](O)[C@H](O)[C@H]2O)[C@@H](O)[C@@H]1O. The van der Waals surface area contributed by atoms with Crippen molar-refractivity contribution in [1.82, 2.24) is 0 Å². The van der Waals surface area contributed by atoms with Gasteiger partial charge < -0.3 is 54.3 Å². The van der Waals surface area contributed by atoms with E-state index in [2.05, 4.69) is 26.0 Å². The number of aliphatic hydroxyl groups is 6. The van der Waals surface area contributed by atoms with Crippen molar-refractivity contribution in [3.63, 3.8) is 0 Å². The molecule has 0 spiro atoms. The second-order valence-electron chi connectivity index (χ2n) is 14.1. The molecular weight excluding hydrogens is 664 g/mol. The monoisotopic (exact) mass is 732 g/mol. The Kier molecular flexibility index (Phi) is 23.3. The normalized spacial score (nSPS) is 29.5. The molecule has 9 atom stereocenters. The average molecular weight is 733 g/mol. The summed E-state index contributed by atoms with van der Waals surface area (Å²) in [4.78, 5) is 25.1. The van der Waals surface area contributed by atoms with Gasteiger partial charge in [0.25, 0.3) is 0 Å². The number of aliphatic hydroxyl groups excluding tert-OH is 6. The van der Waals surface area contributed by atoms with Gasteiger partial charge in [0.2, 0.25) is 5.79 Å². The molecule has 51 heavy (non-hydrogen) atoms. The molecule has 0 aromatic carbocycles. The van der Waals surface area contributed by atoms with Crippen molar-refractivity contribution in [2.24, 2.45) is 0 Å². The minimum Gasteiger partial charge on any atom is -0.463 e. The van der Waals surface area contributed by atoms with E-state index in [-0.39, 0.29) is 12.8 Å². The first kappa shape index (κ1) is 45.5. The van der Waals surface area contributed by atoms with Crippen LogP contribution in [0.5, 0.6) is 0 Å². The molecule has 0 bridgehead atoms. The molecule has 13 nitrogen and oxygen atoms in total. The molecule has 0 aromatic heterocycles. The summed E-state index contributed by atoms with van der Waals surface area (Å²) in [6, 6.07) is 0. The number of unbranched alkanes of at least 4 members (excludes halogenated alkanes) is 15. The van der Waals surface area contributed by atoms with Crippen LogP contribution in [0, 0.1) is 0 Å². The fourth-order valence-electron chi connectivity index (χ4n) is 6.32. The highest BCUT2D eigenvalue weighted by Gasteiger charge is 2.59.